The number of nitrogens with zero attached hydrogens (tertiary/aromatic N) is 4. The van der Waals surface area contributed by atoms with Crippen molar-refractivity contribution in [2.24, 2.45) is 21.7 Å². The normalized spacial score (nSPS) is 21.1. The van der Waals surface area contributed by atoms with Crippen LogP contribution in [0.15, 0.2) is 97.2 Å². The van der Waals surface area contributed by atoms with E-state index >= 15 is 0 Å². The van der Waals surface area contributed by atoms with Crippen molar-refractivity contribution in [2.75, 3.05) is 0 Å². The van der Waals surface area contributed by atoms with E-state index in [1.807, 2.05) is 0 Å². The number of hydrogen-bond donors (Lipinski definition) is 0. The second-order valence-corrected chi connectivity index (χ2v) is 21.1. The minimum Gasteiger partial charge on any atom is -0.647 e. The standard InChI is InChI=1S/4C13H22N.Zr/c4*1-6-13(5,12(2,3)4)14-11-9-7-8-10-11;/h4*7-11H,6H2,1-5H3;/q4*-1;+4. The van der Waals surface area contributed by atoms with Crippen LogP contribution in [-0.4, -0.2) is 46.3 Å². The first-order valence-corrected chi connectivity index (χ1v) is 21.8. The van der Waals surface area contributed by atoms with Crippen LogP contribution in [0.5, 0.6) is 0 Å². The summed E-state index contributed by atoms with van der Waals surface area (Å²) in [4.78, 5) is 0. The van der Waals surface area contributed by atoms with Crippen molar-refractivity contribution >= 4 is 0 Å². The minimum absolute atomic E-state index is 0. The van der Waals surface area contributed by atoms with Gasteiger partial charge in [-0.15, -0.1) is 22.2 Å². The van der Waals surface area contributed by atoms with Gasteiger partial charge in [0, 0.05) is 0 Å². The SMILES string of the molecule is CCC(C)([N-]C1C=CC=C1)C(C)(C)C.CCC(C)([N-]C1C=CC=C1)C(C)(C)C.CCC(C)([N-]C1C=CC=C1)C(C)(C)C.CCC(C)([N-]C1C=CC=C1)C(C)(C)C.[Zr+4]. The summed E-state index contributed by atoms with van der Waals surface area (Å²) < 4.78 is 0. The summed E-state index contributed by atoms with van der Waals surface area (Å²) in [6.45, 7) is 45.1. The van der Waals surface area contributed by atoms with Gasteiger partial charge in [-0.1, -0.05) is 307 Å². The van der Waals surface area contributed by atoms with Crippen LogP contribution in [-0.2, 0) is 26.2 Å². The molecule has 0 fully saturated rings. The zero-order valence-corrected chi connectivity index (χ0v) is 43.1. The van der Waals surface area contributed by atoms with E-state index in [-0.39, 0.29) is 70.0 Å². The molecule has 0 bridgehead atoms. The summed E-state index contributed by atoms with van der Waals surface area (Å²) in [5.74, 6) is 0. The van der Waals surface area contributed by atoms with E-state index in [0.717, 1.165) is 25.7 Å². The second-order valence-electron chi connectivity index (χ2n) is 21.1. The first-order chi connectivity index (χ1) is 25.6. The summed E-state index contributed by atoms with van der Waals surface area (Å²) in [7, 11) is 0. The summed E-state index contributed by atoms with van der Waals surface area (Å²) in [5, 5.41) is 19.7. The van der Waals surface area contributed by atoms with Crippen molar-refractivity contribution < 1.29 is 26.2 Å². The first kappa shape index (κ1) is 55.6. The molecule has 4 aliphatic carbocycles. The van der Waals surface area contributed by atoms with E-state index in [9.17, 15) is 0 Å². The molecule has 4 unspecified atom stereocenters. The third-order valence-electron chi connectivity index (χ3n) is 13.9. The molecule has 0 aromatic heterocycles. The maximum absolute atomic E-state index is 4.92. The molecule has 0 heterocycles. The molecule has 4 nitrogen and oxygen atoms in total. The molecule has 0 radical (unpaired) electrons. The minimum atomic E-state index is 0. The molecule has 0 N–H and O–H groups in total. The van der Waals surface area contributed by atoms with Gasteiger partial charge >= 0.3 is 26.2 Å². The monoisotopic (exact) mass is 859 g/mol. The maximum atomic E-state index is 4.92. The Kier molecular flexibility index (Phi) is 22.5. The van der Waals surface area contributed by atoms with E-state index in [1.165, 1.54) is 0 Å². The van der Waals surface area contributed by atoms with Crippen LogP contribution in [0, 0.1) is 21.7 Å². The average Bonchev–Trinajstić information content (AvgIpc) is 3.94. The molecule has 0 saturated heterocycles. The summed E-state index contributed by atoms with van der Waals surface area (Å²) >= 11 is 0. The fourth-order valence-electron chi connectivity index (χ4n) is 6.60. The van der Waals surface area contributed by atoms with Gasteiger partial charge in [-0.05, 0) is 0 Å². The number of rotatable bonds is 12. The molecule has 0 aromatic carbocycles. The molecule has 4 aliphatic rings. The molecule has 0 aromatic rings. The fourth-order valence-corrected chi connectivity index (χ4v) is 6.60. The van der Waals surface area contributed by atoms with Gasteiger partial charge in [-0.25, -0.2) is 0 Å². The van der Waals surface area contributed by atoms with Crippen molar-refractivity contribution in [2.45, 2.75) is 210 Å². The third-order valence-corrected chi connectivity index (χ3v) is 13.9. The van der Waals surface area contributed by atoms with Gasteiger partial charge < -0.3 is 21.3 Å². The Morgan fingerprint density at radius 1 is 0.281 bits per heavy atom. The Hall–Kier alpha value is -1.36. The molecule has 57 heavy (non-hydrogen) atoms. The Labute approximate surface area is 374 Å². The largest absolute Gasteiger partial charge is 4.00 e. The van der Waals surface area contributed by atoms with E-state index in [2.05, 4.69) is 236 Å². The quantitative estimate of drug-likeness (QED) is 0.188. The molecule has 0 aliphatic heterocycles. The van der Waals surface area contributed by atoms with Gasteiger partial charge in [-0.3, -0.25) is 0 Å². The van der Waals surface area contributed by atoms with Gasteiger partial charge in [-0.2, -0.15) is 0 Å². The molecule has 320 valence electrons. The fraction of sp³-hybridized carbons (Fsp3) is 0.692. The van der Waals surface area contributed by atoms with Gasteiger partial charge in [0.15, 0.2) is 0 Å². The van der Waals surface area contributed by atoms with Crippen molar-refractivity contribution in [1.82, 2.24) is 0 Å². The predicted octanol–water partition coefficient (Wildman–Crippen LogP) is 16.3. The summed E-state index contributed by atoms with van der Waals surface area (Å²) in [6.07, 6.45) is 38.2. The van der Waals surface area contributed by atoms with Crippen molar-refractivity contribution in [3.63, 3.8) is 0 Å². The molecule has 0 spiro atoms. The first-order valence-electron chi connectivity index (χ1n) is 21.8. The number of hydrogen-bond acceptors (Lipinski definition) is 0. The van der Waals surface area contributed by atoms with Crippen LogP contribution < -0.4 is 0 Å². The smallest absolute Gasteiger partial charge is 0.647 e. The molecular formula is C52H88N4Zr. The molecule has 0 amide bonds. The maximum Gasteiger partial charge on any atom is 4.00 e. The Morgan fingerprint density at radius 2 is 0.404 bits per heavy atom. The third kappa shape index (κ3) is 16.9. The Balaban J connectivity index is 0.000000729. The van der Waals surface area contributed by atoms with E-state index in [0.29, 0.717) is 24.2 Å². The molecule has 4 atom stereocenters. The molecule has 0 saturated carbocycles. The van der Waals surface area contributed by atoms with E-state index < -0.39 is 0 Å². The summed E-state index contributed by atoms with van der Waals surface area (Å²) in [5.41, 5.74) is 1.18. The van der Waals surface area contributed by atoms with Crippen LogP contribution in [0.2, 0.25) is 0 Å². The topological polar surface area (TPSA) is 56.4 Å². The van der Waals surface area contributed by atoms with Crippen molar-refractivity contribution in [3.05, 3.63) is 118 Å². The van der Waals surface area contributed by atoms with Crippen LogP contribution in [0.4, 0.5) is 0 Å². The van der Waals surface area contributed by atoms with Crippen LogP contribution in [0.25, 0.3) is 21.3 Å². The van der Waals surface area contributed by atoms with Crippen LogP contribution in [0.3, 0.4) is 0 Å². The van der Waals surface area contributed by atoms with Crippen LogP contribution >= 0.6 is 0 Å². The zero-order chi connectivity index (χ0) is 43.3. The Morgan fingerprint density at radius 3 is 0.491 bits per heavy atom. The molecule has 5 heteroatoms. The van der Waals surface area contributed by atoms with Crippen molar-refractivity contribution in [1.29, 1.82) is 0 Å². The predicted molar refractivity (Wildman–Crippen MR) is 254 cm³/mol. The van der Waals surface area contributed by atoms with Gasteiger partial charge in [0.25, 0.3) is 0 Å². The summed E-state index contributed by atoms with van der Waals surface area (Å²) in [6, 6.07) is 1.16. The van der Waals surface area contributed by atoms with Gasteiger partial charge in [0.05, 0.1) is 0 Å². The van der Waals surface area contributed by atoms with E-state index in [1.54, 1.807) is 0 Å². The van der Waals surface area contributed by atoms with Gasteiger partial charge in [0.2, 0.25) is 0 Å². The molecule has 4 rings (SSSR count). The Bertz CT molecular complexity index is 1150. The van der Waals surface area contributed by atoms with Crippen molar-refractivity contribution in [3.8, 4) is 0 Å². The number of allylic oxidation sites excluding steroid dienone is 8. The van der Waals surface area contributed by atoms with E-state index in [4.69, 9.17) is 21.3 Å². The average molecular weight is 861 g/mol. The zero-order valence-electron chi connectivity index (χ0n) is 40.7. The molecular weight excluding hydrogens is 772 g/mol. The van der Waals surface area contributed by atoms with Crippen LogP contribution in [0.1, 0.15) is 164 Å². The van der Waals surface area contributed by atoms with Gasteiger partial charge in [0.1, 0.15) is 0 Å². The second kappa shape index (κ2) is 23.0.